The second kappa shape index (κ2) is 3.05. The van der Waals surface area contributed by atoms with Crippen LogP contribution in [-0.4, -0.2) is 10.5 Å². The normalized spacial score (nSPS) is 11.6. The molecule has 0 bridgehead atoms. The van der Waals surface area contributed by atoms with Crippen molar-refractivity contribution in [3.8, 4) is 0 Å². The molecule has 0 aliphatic rings. The maximum atomic E-state index is 12.5. The monoisotopic (exact) mass is 173 g/mol. The summed E-state index contributed by atoms with van der Waals surface area (Å²) in [4.78, 5) is 0. The van der Waals surface area contributed by atoms with Crippen molar-refractivity contribution in [2.45, 2.75) is 19.4 Å². The average molecular weight is 173 g/mol. The van der Waals surface area contributed by atoms with Crippen LogP contribution in [0.15, 0.2) is 25.3 Å². The van der Waals surface area contributed by atoms with Crippen molar-refractivity contribution in [3.05, 3.63) is 25.3 Å². The van der Waals surface area contributed by atoms with E-state index in [0.29, 0.717) is 0 Å². The molecule has 0 aromatic carbocycles. The van der Waals surface area contributed by atoms with E-state index in [-0.39, 0.29) is 6.54 Å². The Balaban J connectivity index is 2.70. The number of rotatable bonds is 3. The van der Waals surface area contributed by atoms with Gasteiger partial charge in [0, 0.05) is 6.92 Å². The zero-order valence-corrected chi connectivity index (χ0v) is 6.87. The predicted octanol–water partition coefficient (Wildman–Crippen LogP) is 1.53. The molecule has 0 amide bonds. The Morgan fingerprint density at radius 3 is 2.75 bits per heavy atom. The van der Waals surface area contributed by atoms with Crippen LogP contribution in [0, 0.1) is 0 Å². The van der Waals surface area contributed by atoms with Gasteiger partial charge in [-0.15, -0.1) is 0 Å². The van der Waals surface area contributed by atoms with Crippen molar-refractivity contribution in [1.82, 2.24) is 4.57 Å². The van der Waals surface area contributed by atoms with Crippen LogP contribution in [0.3, 0.4) is 0 Å². The fraction of sp³-hybridized carbons (Fsp3) is 0.375. The van der Waals surface area contributed by atoms with Gasteiger partial charge < -0.3 is 0 Å². The highest BCUT2D eigenvalue weighted by Gasteiger charge is 2.24. The third-order valence-electron chi connectivity index (χ3n) is 1.38. The summed E-state index contributed by atoms with van der Waals surface area (Å²) < 4.78 is 28.0. The molecule has 0 unspecified atom stereocenters. The summed E-state index contributed by atoms with van der Waals surface area (Å²) in [6.07, 6.45) is 6.35. The van der Waals surface area contributed by atoms with Crippen molar-refractivity contribution >= 4 is 6.20 Å². The molecule has 66 valence electrons. The lowest BCUT2D eigenvalue weighted by molar-refractivity contribution is -0.711. The topological polar surface area (TPSA) is 8.81 Å². The van der Waals surface area contributed by atoms with Gasteiger partial charge in [0.15, 0.2) is 6.54 Å². The minimum absolute atomic E-state index is 0.298. The first-order chi connectivity index (χ1) is 5.51. The van der Waals surface area contributed by atoms with Gasteiger partial charge in [-0.2, -0.15) is 0 Å². The molecule has 4 heteroatoms. The highest BCUT2D eigenvalue weighted by molar-refractivity contribution is 5.13. The van der Waals surface area contributed by atoms with Gasteiger partial charge >= 0.3 is 0 Å². The Labute approximate surface area is 69.7 Å². The van der Waals surface area contributed by atoms with Gasteiger partial charge in [-0.05, 0) is 0 Å². The molecule has 0 saturated heterocycles. The molecule has 0 spiro atoms. The van der Waals surface area contributed by atoms with Crippen LogP contribution in [0.4, 0.5) is 8.78 Å². The van der Waals surface area contributed by atoms with Crippen LogP contribution in [-0.2, 0) is 6.54 Å². The smallest absolute Gasteiger partial charge is 0.230 e. The Morgan fingerprint density at radius 1 is 1.67 bits per heavy atom. The minimum atomic E-state index is -2.67. The molecule has 1 aromatic heterocycles. The van der Waals surface area contributed by atoms with Crippen molar-refractivity contribution in [1.29, 1.82) is 0 Å². The molecule has 1 heterocycles. The van der Waals surface area contributed by atoms with Gasteiger partial charge in [-0.1, -0.05) is 6.58 Å². The zero-order valence-electron chi connectivity index (χ0n) is 6.87. The Morgan fingerprint density at radius 2 is 2.33 bits per heavy atom. The summed E-state index contributed by atoms with van der Waals surface area (Å²) in [5.41, 5.74) is 0. The van der Waals surface area contributed by atoms with E-state index in [2.05, 4.69) is 6.58 Å². The molecule has 1 rings (SSSR count). The molecular formula is C8H11F2N2+. The molecule has 0 N–H and O–H groups in total. The molecule has 0 fully saturated rings. The summed E-state index contributed by atoms with van der Waals surface area (Å²) in [5, 5.41) is 0. The highest BCUT2D eigenvalue weighted by atomic mass is 19.3. The lowest BCUT2D eigenvalue weighted by Gasteiger charge is -2.05. The van der Waals surface area contributed by atoms with E-state index in [1.165, 1.54) is 4.57 Å². The molecule has 0 radical (unpaired) electrons. The molecule has 0 aliphatic heterocycles. The largest absolute Gasteiger partial charge is 0.282 e. The van der Waals surface area contributed by atoms with Crippen LogP contribution in [0.5, 0.6) is 0 Å². The minimum Gasteiger partial charge on any atom is -0.230 e. The average Bonchev–Trinajstić information content (AvgIpc) is 2.32. The number of alkyl halides is 2. The lowest BCUT2D eigenvalue weighted by atomic mass is 10.4. The summed E-state index contributed by atoms with van der Waals surface area (Å²) in [7, 11) is 0. The van der Waals surface area contributed by atoms with Crippen LogP contribution < -0.4 is 4.57 Å². The molecule has 1 aromatic rings. The quantitative estimate of drug-likeness (QED) is 0.613. The maximum Gasteiger partial charge on any atom is 0.282 e. The number of aromatic nitrogens is 2. The van der Waals surface area contributed by atoms with Gasteiger partial charge in [0.05, 0.1) is 6.20 Å². The first-order valence-electron chi connectivity index (χ1n) is 3.58. The number of hydrogen-bond donors (Lipinski definition) is 0. The molecular weight excluding hydrogens is 162 g/mol. The van der Waals surface area contributed by atoms with Gasteiger partial charge in [0.2, 0.25) is 6.33 Å². The molecule has 2 nitrogen and oxygen atoms in total. The van der Waals surface area contributed by atoms with Crippen molar-refractivity contribution in [3.63, 3.8) is 0 Å². The standard InChI is InChI=1S/C8H11F2N2/c1-3-11-4-5-12(7-11)6-8(2,9)10/h3-5,7H,1,6H2,2H3/q+1. The van der Waals surface area contributed by atoms with Gasteiger partial charge in [-0.3, -0.25) is 0 Å². The van der Waals surface area contributed by atoms with E-state index in [9.17, 15) is 8.78 Å². The number of hydrogen-bond acceptors (Lipinski definition) is 0. The lowest BCUT2D eigenvalue weighted by Crippen LogP contribution is -2.40. The summed E-state index contributed by atoms with van der Waals surface area (Å²) in [5.74, 6) is -2.67. The molecule has 0 saturated carbocycles. The van der Waals surface area contributed by atoms with Gasteiger partial charge in [0.1, 0.15) is 12.4 Å². The third kappa shape index (κ3) is 2.45. The van der Waals surface area contributed by atoms with E-state index in [4.69, 9.17) is 0 Å². The second-order valence-electron chi connectivity index (χ2n) is 2.79. The van der Waals surface area contributed by atoms with E-state index in [1.807, 2.05) is 0 Å². The van der Waals surface area contributed by atoms with E-state index < -0.39 is 5.92 Å². The maximum absolute atomic E-state index is 12.5. The first-order valence-corrected chi connectivity index (χ1v) is 3.58. The first kappa shape index (κ1) is 8.90. The molecule has 0 atom stereocenters. The van der Waals surface area contributed by atoms with Crippen LogP contribution in [0.25, 0.3) is 6.20 Å². The number of nitrogens with zero attached hydrogens (tertiary/aromatic N) is 2. The van der Waals surface area contributed by atoms with Gasteiger partial charge in [0.25, 0.3) is 5.92 Å². The second-order valence-corrected chi connectivity index (χ2v) is 2.79. The summed E-state index contributed by atoms with van der Waals surface area (Å²) in [6.45, 7) is 4.10. The highest BCUT2D eigenvalue weighted by Crippen LogP contribution is 2.10. The van der Waals surface area contributed by atoms with Crippen molar-refractivity contribution in [2.75, 3.05) is 0 Å². The van der Waals surface area contributed by atoms with E-state index >= 15 is 0 Å². The Kier molecular flexibility index (Phi) is 2.26. The number of imidazole rings is 1. The van der Waals surface area contributed by atoms with Crippen LogP contribution in [0.1, 0.15) is 6.92 Å². The fourth-order valence-electron chi connectivity index (χ4n) is 0.933. The predicted molar refractivity (Wildman–Crippen MR) is 41.6 cm³/mol. The van der Waals surface area contributed by atoms with Gasteiger partial charge in [-0.25, -0.2) is 17.9 Å². The Hall–Kier alpha value is -1.19. The molecule has 12 heavy (non-hydrogen) atoms. The van der Waals surface area contributed by atoms with E-state index in [1.54, 1.807) is 29.5 Å². The van der Waals surface area contributed by atoms with Crippen LogP contribution >= 0.6 is 0 Å². The van der Waals surface area contributed by atoms with Crippen LogP contribution in [0.2, 0.25) is 0 Å². The molecule has 0 aliphatic carbocycles. The summed E-state index contributed by atoms with van der Waals surface area (Å²) >= 11 is 0. The van der Waals surface area contributed by atoms with E-state index in [0.717, 1.165) is 6.92 Å². The zero-order chi connectivity index (χ0) is 9.19. The van der Waals surface area contributed by atoms with Crippen molar-refractivity contribution < 1.29 is 13.3 Å². The third-order valence-corrected chi connectivity index (χ3v) is 1.38. The Bertz CT molecular complexity index is 273. The fourth-order valence-corrected chi connectivity index (χ4v) is 0.933. The number of halogens is 2. The SMILES string of the molecule is C=Cn1cc[n+](CC(C)(F)F)c1. The summed E-state index contributed by atoms with van der Waals surface area (Å²) in [6, 6.07) is 0. The van der Waals surface area contributed by atoms with Crippen molar-refractivity contribution in [2.24, 2.45) is 0 Å².